The highest BCUT2D eigenvalue weighted by atomic mass is 32.2. The molecule has 0 atom stereocenters. The second-order valence-corrected chi connectivity index (χ2v) is 3.43. The Labute approximate surface area is 75.5 Å². The first-order chi connectivity index (χ1) is 5.95. The highest BCUT2D eigenvalue weighted by Crippen LogP contribution is 2.27. The summed E-state index contributed by atoms with van der Waals surface area (Å²) in [5.74, 6) is 0. The average molecular weight is 173 g/mol. The van der Waals surface area contributed by atoms with Gasteiger partial charge in [-0.05, 0) is 24.3 Å². The second-order valence-electron chi connectivity index (χ2n) is 2.32. The quantitative estimate of drug-likeness (QED) is 0.638. The molecule has 0 fully saturated rings. The van der Waals surface area contributed by atoms with Crippen molar-refractivity contribution in [3.63, 3.8) is 0 Å². The molecule has 0 unspecified atom stereocenters. The zero-order chi connectivity index (χ0) is 8.23. The van der Waals surface area contributed by atoms with Gasteiger partial charge in [0.2, 0.25) is 0 Å². The van der Waals surface area contributed by atoms with Gasteiger partial charge in [-0.3, -0.25) is 4.98 Å². The largest absolute Gasteiger partial charge is 0.265 e. The van der Waals surface area contributed by atoms with E-state index in [2.05, 4.69) is 10.7 Å². The van der Waals surface area contributed by atoms with Crippen LogP contribution in [0.15, 0.2) is 58.3 Å². The van der Waals surface area contributed by atoms with Crippen molar-refractivity contribution in [1.82, 2.24) is 4.98 Å². The lowest BCUT2D eigenvalue weighted by atomic mass is 10.5. The van der Waals surface area contributed by atoms with Crippen molar-refractivity contribution in [3.8, 4) is 0 Å². The summed E-state index contributed by atoms with van der Waals surface area (Å²) < 4.78 is 0. The fourth-order valence-corrected chi connectivity index (χ4v) is 1.70. The zero-order valence-corrected chi connectivity index (χ0v) is 7.21. The molecule has 0 spiro atoms. The third kappa shape index (κ3) is 1.67. The van der Waals surface area contributed by atoms with Gasteiger partial charge in [-0.25, -0.2) is 0 Å². The minimum absolute atomic E-state index is 1.15. The van der Waals surface area contributed by atoms with Crippen LogP contribution in [0, 0.1) is 0 Å². The van der Waals surface area contributed by atoms with Crippen molar-refractivity contribution < 1.29 is 0 Å². The molecule has 0 saturated heterocycles. The topological polar surface area (TPSA) is 12.9 Å². The fraction of sp³-hybridized carbons (Fsp3) is 0. The Balaban J connectivity index is 2.15. The molecule has 0 saturated carbocycles. The van der Waals surface area contributed by atoms with Gasteiger partial charge in [-0.2, -0.15) is 0 Å². The number of pyridine rings is 1. The van der Waals surface area contributed by atoms with E-state index in [-0.39, 0.29) is 0 Å². The fourth-order valence-electron chi connectivity index (χ4n) is 0.911. The standard InChI is InChI=1S/C10H7NS/c1-2-4-9(3-1)12-10-5-7-11-8-6-10/h1-3,5-8H. The molecular weight excluding hydrogens is 166 g/mol. The van der Waals surface area contributed by atoms with Crippen LogP contribution in [0.5, 0.6) is 0 Å². The van der Waals surface area contributed by atoms with Crippen LogP contribution in [-0.4, -0.2) is 4.98 Å². The first-order valence-electron chi connectivity index (χ1n) is 3.66. The predicted octanol–water partition coefficient (Wildman–Crippen LogP) is 2.78. The maximum absolute atomic E-state index is 3.95. The van der Waals surface area contributed by atoms with E-state index in [9.17, 15) is 0 Å². The van der Waals surface area contributed by atoms with Gasteiger partial charge < -0.3 is 0 Å². The van der Waals surface area contributed by atoms with Crippen molar-refractivity contribution >= 4 is 11.8 Å². The maximum atomic E-state index is 3.95. The molecule has 0 aromatic carbocycles. The Morgan fingerprint density at radius 3 is 2.75 bits per heavy atom. The van der Waals surface area contributed by atoms with Gasteiger partial charge in [-0.15, -0.1) is 5.73 Å². The molecule has 0 bridgehead atoms. The summed E-state index contributed by atoms with van der Waals surface area (Å²) >= 11 is 1.70. The maximum Gasteiger partial charge on any atom is 0.0541 e. The van der Waals surface area contributed by atoms with Gasteiger partial charge in [0.1, 0.15) is 0 Å². The molecule has 1 aromatic rings. The second kappa shape index (κ2) is 3.44. The van der Waals surface area contributed by atoms with Crippen molar-refractivity contribution in [2.75, 3.05) is 0 Å². The number of allylic oxidation sites excluding steroid dienone is 2. The Morgan fingerprint density at radius 1 is 1.25 bits per heavy atom. The monoisotopic (exact) mass is 173 g/mol. The SMILES string of the molecule is C1=CC=CC=1Sc1ccncc1. The number of hydrogen-bond acceptors (Lipinski definition) is 2. The normalized spacial score (nSPS) is 13.5. The molecule has 1 aromatic heterocycles. The number of aromatic nitrogens is 1. The first kappa shape index (κ1) is 7.41. The molecular formula is C10H7NS. The molecule has 58 valence electrons. The summed E-state index contributed by atoms with van der Waals surface area (Å²) in [7, 11) is 0. The summed E-state index contributed by atoms with van der Waals surface area (Å²) in [5, 5.41) is 0. The molecule has 0 aliphatic heterocycles. The van der Waals surface area contributed by atoms with Gasteiger partial charge in [0.25, 0.3) is 0 Å². The predicted molar refractivity (Wildman–Crippen MR) is 50.8 cm³/mol. The number of hydrogen-bond donors (Lipinski definition) is 0. The molecule has 1 heterocycles. The van der Waals surface area contributed by atoms with Crippen molar-refractivity contribution in [1.29, 1.82) is 0 Å². The first-order valence-corrected chi connectivity index (χ1v) is 4.48. The van der Waals surface area contributed by atoms with E-state index in [1.54, 1.807) is 24.2 Å². The highest BCUT2D eigenvalue weighted by Gasteiger charge is 1.97. The molecule has 1 aliphatic rings. The minimum atomic E-state index is 1.15. The Bertz CT molecular complexity index is 359. The number of thioether (sulfide) groups is 1. The van der Waals surface area contributed by atoms with Gasteiger partial charge in [0, 0.05) is 17.3 Å². The molecule has 12 heavy (non-hydrogen) atoms. The van der Waals surface area contributed by atoms with Crippen LogP contribution in [0.3, 0.4) is 0 Å². The Kier molecular flexibility index (Phi) is 2.12. The molecule has 0 amide bonds. The molecule has 2 heteroatoms. The van der Waals surface area contributed by atoms with E-state index in [0.717, 1.165) is 4.91 Å². The van der Waals surface area contributed by atoms with Crippen molar-refractivity contribution in [2.45, 2.75) is 4.90 Å². The van der Waals surface area contributed by atoms with Crippen LogP contribution < -0.4 is 0 Å². The van der Waals surface area contributed by atoms with Crippen LogP contribution in [-0.2, 0) is 0 Å². The lowest BCUT2D eigenvalue weighted by molar-refractivity contribution is 1.27. The van der Waals surface area contributed by atoms with E-state index < -0.39 is 0 Å². The van der Waals surface area contributed by atoms with E-state index in [1.807, 2.05) is 30.4 Å². The highest BCUT2D eigenvalue weighted by molar-refractivity contribution is 8.03. The van der Waals surface area contributed by atoms with Crippen LogP contribution in [0.25, 0.3) is 0 Å². The number of nitrogens with zero attached hydrogens (tertiary/aromatic N) is 1. The summed E-state index contributed by atoms with van der Waals surface area (Å²) in [4.78, 5) is 6.31. The van der Waals surface area contributed by atoms with Gasteiger partial charge in [0.05, 0.1) is 4.91 Å². The van der Waals surface area contributed by atoms with E-state index >= 15 is 0 Å². The minimum Gasteiger partial charge on any atom is -0.265 e. The third-order valence-corrected chi connectivity index (χ3v) is 2.43. The van der Waals surface area contributed by atoms with Gasteiger partial charge in [0.15, 0.2) is 0 Å². The molecule has 0 N–H and O–H groups in total. The number of rotatable bonds is 2. The zero-order valence-electron chi connectivity index (χ0n) is 6.40. The van der Waals surface area contributed by atoms with Crippen LogP contribution >= 0.6 is 11.8 Å². The summed E-state index contributed by atoms with van der Waals surface area (Å²) in [6.07, 6.45) is 9.55. The molecule has 1 nitrogen and oxygen atoms in total. The van der Waals surface area contributed by atoms with Crippen LogP contribution in [0.2, 0.25) is 0 Å². The van der Waals surface area contributed by atoms with Crippen molar-refractivity contribution in [3.05, 3.63) is 53.4 Å². The lowest BCUT2D eigenvalue weighted by Crippen LogP contribution is -1.72. The Morgan fingerprint density at radius 2 is 2.08 bits per heavy atom. The van der Waals surface area contributed by atoms with E-state index in [0.29, 0.717) is 0 Å². The van der Waals surface area contributed by atoms with Crippen molar-refractivity contribution in [2.24, 2.45) is 0 Å². The summed E-state index contributed by atoms with van der Waals surface area (Å²) in [5.41, 5.74) is 3.13. The average Bonchev–Trinajstić information content (AvgIpc) is 2.59. The molecule has 0 radical (unpaired) electrons. The van der Waals surface area contributed by atoms with Gasteiger partial charge in [-0.1, -0.05) is 17.8 Å². The van der Waals surface area contributed by atoms with Crippen LogP contribution in [0.4, 0.5) is 0 Å². The van der Waals surface area contributed by atoms with E-state index in [1.165, 1.54) is 4.90 Å². The molecule has 1 aliphatic carbocycles. The summed E-state index contributed by atoms with van der Waals surface area (Å²) in [6.45, 7) is 0. The molecule has 2 rings (SSSR count). The van der Waals surface area contributed by atoms with E-state index in [4.69, 9.17) is 0 Å². The smallest absolute Gasteiger partial charge is 0.0541 e. The summed E-state index contributed by atoms with van der Waals surface area (Å²) in [6, 6.07) is 3.98. The third-order valence-electron chi connectivity index (χ3n) is 1.45. The van der Waals surface area contributed by atoms with Gasteiger partial charge >= 0.3 is 0 Å². The van der Waals surface area contributed by atoms with Crippen LogP contribution in [0.1, 0.15) is 0 Å². The Hall–Kier alpha value is -1.24. The lowest BCUT2D eigenvalue weighted by Gasteiger charge is -1.96.